The lowest BCUT2D eigenvalue weighted by atomic mass is 10.2. The summed E-state index contributed by atoms with van der Waals surface area (Å²) in [5.41, 5.74) is 4.91. The van der Waals surface area contributed by atoms with E-state index in [0.29, 0.717) is 0 Å². The Bertz CT molecular complexity index is 323. The van der Waals surface area contributed by atoms with E-state index >= 15 is 0 Å². The van der Waals surface area contributed by atoms with E-state index in [1.807, 2.05) is 17.8 Å². The first-order valence-corrected chi connectivity index (χ1v) is 5.06. The van der Waals surface area contributed by atoms with Crippen LogP contribution in [-0.2, 0) is 18.4 Å². The number of imidazole rings is 1. The van der Waals surface area contributed by atoms with Gasteiger partial charge in [-0.25, -0.2) is 9.13 Å². The number of carboxylic acids is 1. The third-order valence-electron chi connectivity index (χ3n) is 1.99. The van der Waals surface area contributed by atoms with Gasteiger partial charge in [0.05, 0.1) is 19.7 Å². The molecule has 6 nitrogen and oxygen atoms in total. The maximum Gasteiger partial charge on any atom is 0.323 e. The third kappa shape index (κ3) is 5.47. The van der Waals surface area contributed by atoms with Crippen LogP contribution in [0.25, 0.3) is 0 Å². The molecule has 0 saturated carbocycles. The molecule has 1 aromatic rings. The lowest BCUT2D eigenvalue weighted by molar-refractivity contribution is -0.671. The highest BCUT2D eigenvalue weighted by molar-refractivity contribution is 5.73. The minimum atomic E-state index is -1.18. The molecule has 0 aliphatic heterocycles. The molecule has 0 radical (unpaired) electrons. The Kier molecular flexibility index (Phi) is 6.36. The standard InChI is InChI=1S/C6H11N2.C4H9NO3/c1-3-8-5-4-7(2)6-8;1-2(6)3(5)4(7)8/h4-6H,3H2,1-2H3;2-3,6H,5H2,1H3,(H,7,8)/q+1;/t;2-,3+/m.1/s1. The number of aromatic nitrogens is 2. The summed E-state index contributed by atoms with van der Waals surface area (Å²) in [4.78, 5) is 9.86. The first-order chi connectivity index (χ1) is 7.38. The molecule has 1 aromatic heterocycles. The molecular weight excluding hydrogens is 210 g/mol. The highest BCUT2D eigenvalue weighted by Crippen LogP contribution is 1.85. The summed E-state index contributed by atoms with van der Waals surface area (Å²) in [5, 5.41) is 16.6. The van der Waals surface area contributed by atoms with E-state index in [1.54, 1.807) is 0 Å². The van der Waals surface area contributed by atoms with Gasteiger partial charge in [-0.15, -0.1) is 0 Å². The van der Waals surface area contributed by atoms with E-state index in [1.165, 1.54) is 6.92 Å². The van der Waals surface area contributed by atoms with E-state index in [-0.39, 0.29) is 0 Å². The Morgan fingerprint density at radius 3 is 2.31 bits per heavy atom. The quantitative estimate of drug-likeness (QED) is 0.587. The third-order valence-corrected chi connectivity index (χ3v) is 1.99. The number of aliphatic hydroxyl groups is 1. The van der Waals surface area contributed by atoms with Crippen LogP contribution in [0.1, 0.15) is 13.8 Å². The Hall–Kier alpha value is -1.40. The molecule has 0 aromatic carbocycles. The predicted octanol–water partition coefficient (Wildman–Crippen LogP) is -0.888. The summed E-state index contributed by atoms with van der Waals surface area (Å²) in [6.45, 7) is 4.51. The van der Waals surface area contributed by atoms with Gasteiger partial charge in [-0.1, -0.05) is 0 Å². The molecule has 92 valence electrons. The van der Waals surface area contributed by atoms with E-state index < -0.39 is 18.1 Å². The van der Waals surface area contributed by atoms with Crippen molar-refractivity contribution in [2.75, 3.05) is 0 Å². The van der Waals surface area contributed by atoms with Gasteiger partial charge in [-0.2, -0.15) is 0 Å². The largest absolute Gasteiger partial charge is 0.480 e. The average molecular weight is 230 g/mol. The molecule has 2 atom stereocenters. The van der Waals surface area contributed by atoms with E-state index in [4.69, 9.17) is 15.9 Å². The van der Waals surface area contributed by atoms with Gasteiger partial charge in [-0.05, 0) is 13.8 Å². The highest BCUT2D eigenvalue weighted by atomic mass is 16.4. The Morgan fingerprint density at radius 1 is 1.62 bits per heavy atom. The van der Waals surface area contributed by atoms with Crippen LogP contribution in [-0.4, -0.2) is 32.9 Å². The number of nitrogens with two attached hydrogens (primary N) is 1. The van der Waals surface area contributed by atoms with Crippen LogP contribution < -0.4 is 10.3 Å². The lowest BCUT2D eigenvalue weighted by Crippen LogP contribution is -2.39. The number of hydrogen-bond acceptors (Lipinski definition) is 3. The number of aryl methyl sites for hydroxylation is 2. The fraction of sp³-hybridized carbons (Fsp3) is 0.600. The number of carboxylic acid groups (broad SMARTS) is 1. The minimum absolute atomic E-state index is 0.979. The van der Waals surface area contributed by atoms with Crippen LogP contribution in [0.3, 0.4) is 0 Å². The zero-order valence-corrected chi connectivity index (χ0v) is 9.87. The molecule has 0 saturated heterocycles. The number of carbonyl (C=O) groups is 1. The maximum absolute atomic E-state index is 9.86. The predicted molar refractivity (Wildman–Crippen MR) is 58.6 cm³/mol. The summed E-state index contributed by atoms with van der Waals surface area (Å²) < 4.78 is 4.16. The maximum atomic E-state index is 9.86. The van der Waals surface area contributed by atoms with Crippen LogP contribution in [0, 0.1) is 0 Å². The molecule has 0 fully saturated rings. The molecule has 0 aliphatic rings. The van der Waals surface area contributed by atoms with Crippen LogP contribution in [0.5, 0.6) is 0 Å². The van der Waals surface area contributed by atoms with Crippen LogP contribution in [0.15, 0.2) is 18.7 Å². The van der Waals surface area contributed by atoms with Crippen LogP contribution >= 0.6 is 0 Å². The molecule has 0 spiro atoms. The first kappa shape index (κ1) is 14.6. The van der Waals surface area contributed by atoms with Gasteiger partial charge in [0, 0.05) is 0 Å². The number of hydrogen-bond donors (Lipinski definition) is 3. The van der Waals surface area contributed by atoms with Crippen molar-refractivity contribution in [1.29, 1.82) is 0 Å². The molecule has 1 heterocycles. The number of nitrogens with zero attached hydrogens (tertiary/aromatic N) is 2. The highest BCUT2D eigenvalue weighted by Gasteiger charge is 2.16. The van der Waals surface area contributed by atoms with Crippen molar-refractivity contribution >= 4 is 5.97 Å². The monoisotopic (exact) mass is 230 g/mol. The molecule has 6 heteroatoms. The van der Waals surface area contributed by atoms with Crippen molar-refractivity contribution in [1.82, 2.24) is 4.57 Å². The van der Waals surface area contributed by atoms with Gasteiger partial charge in [0.2, 0.25) is 6.33 Å². The molecule has 4 N–H and O–H groups in total. The summed E-state index contributed by atoms with van der Waals surface area (Å²) in [7, 11) is 2.02. The summed E-state index contributed by atoms with van der Waals surface area (Å²) in [6.07, 6.45) is 5.16. The van der Waals surface area contributed by atoms with Gasteiger partial charge in [-0.3, -0.25) is 4.79 Å². The number of aliphatic hydroxyl groups excluding tert-OH is 1. The van der Waals surface area contributed by atoms with Gasteiger partial charge in [0.15, 0.2) is 0 Å². The summed E-state index contributed by atoms with van der Waals surface area (Å²) >= 11 is 0. The fourth-order valence-corrected chi connectivity index (χ4v) is 0.895. The van der Waals surface area contributed by atoms with Gasteiger partial charge >= 0.3 is 5.97 Å². The number of rotatable bonds is 3. The van der Waals surface area contributed by atoms with Gasteiger partial charge in [0.25, 0.3) is 0 Å². The number of aliphatic carboxylic acids is 1. The molecule has 0 bridgehead atoms. The van der Waals surface area contributed by atoms with Crippen molar-refractivity contribution in [3.05, 3.63) is 18.7 Å². The molecule has 16 heavy (non-hydrogen) atoms. The lowest BCUT2D eigenvalue weighted by Gasteiger charge is -2.06. The van der Waals surface area contributed by atoms with Crippen LogP contribution in [0.4, 0.5) is 0 Å². The Balaban J connectivity index is 0.000000281. The van der Waals surface area contributed by atoms with Gasteiger partial charge < -0.3 is 15.9 Å². The van der Waals surface area contributed by atoms with E-state index in [9.17, 15) is 4.79 Å². The molecule has 0 aliphatic carbocycles. The smallest absolute Gasteiger partial charge is 0.323 e. The normalized spacial score (nSPS) is 13.6. The van der Waals surface area contributed by atoms with Crippen molar-refractivity contribution in [3.63, 3.8) is 0 Å². The second-order valence-corrected chi connectivity index (χ2v) is 3.51. The molecule has 1 rings (SSSR count). The zero-order valence-electron chi connectivity index (χ0n) is 9.87. The average Bonchev–Trinajstić information content (AvgIpc) is 2.63. The van der Waals surface area contributed by atoms with Gasteiger partial charge in [0.1, 0.15) is 18.4 Å². The second-order valence-electron chi connectivity index (χ2n) is 3.51. The first-order valence-electron chi connectivity index (χ1n) is 5.06. The minimum Gasteiger partial charge on any atom is -0.480 e. The van der Waals surface area contributed by atoms with E-state index in [0.717, 1.165) is 6.54 Å². The molecular formula is C10H20N3O3+. The van der Waals surface area contributed by atoms with E-state index in [2.05, 4.69) is 24.0 Å². The van der Waals surface area contributed by atoms with Crippen molar-refractivity contribution in [3.8, 4) is 0 Å². The van der Waals surface area contributed by atoms with Crippen molar-refractivity contribution in [2.24, 2.45) is 12.8 Å². The summed E-state index contributed by atoms with van der Waals surface area (Å²) in [5.74, 6) is -1.18. The van der Waals surface area contributed by atoms with Crippen molar-refractivity contribution < 1.29 is 19.6 Å². The van der Waals surface area contributed by atoms with Crippen LogP contribution in [0.2, 0.25) is 0 Å². The fourth-order valence-electron chi connectivity index (χ4n) is 0.895. The summed E-state index contributed by atoms with van der Waals surface area (Å²) in [6, 6.07) is -1.16. The topological polar surface area (TPSA) is 92.4 Å². The Labute approximate surface area is 94.9 Å². The zero-order chi connectivity index (χ0) is 12.7. The van der Waals surface area contributed by atoms with Crippen molar-refractivity contribution in [2.45, 2.75) is 32.5 Å². The molecule has 0 unspecified atom stereocenters. The Morgan fingerprint density at radius 2 is 2.19 bits per heavy atom. The second kappa shape index (κ2) is 6.97. The molecule has 0 amide bonds. The SMILES string of the molecule is CCn1cc[n+](C)c1.C[C@@H](O)[C@H](N)C(=O)O.